The van der Waals surface area contributed by atoms with Gasteiger partial charge in [-0.1, -0.05) is 28.1 Å². The lowest BCUT2D eigenvalue weighted by Gasteiger charge is -2.28. The molecule has 0 bridgehead atoms. The number of hydrogen-bond acceptors (Lipinski definition) is 2. The molecule has 25 heavy (non-hydrogen) atoms. The summed E-state index contributed by atoms with van der Waals surface area (Å²) in [5, 5.41) is 8.06. The van der Waals surface area contributed by atoms with Crippen molar-refractivity contribution in [1.82, 2.24) is 10.6 Å². The van der Waals surface area contributed by atoms with Crippen LogP contribution in [0, 0.1) is 5.82 Å². The maximum atomic E-state index is 13.6. The van der Waals surface area contributed by atoms with Crippen LogP contribution >= 0.6 is 15.9 Å². The van der Waals surface area contributed by atoms with E-state index in [1.165, 1.54) is 12.1 Å². The van der Waals surface area contributed by atoms with Gasteiger partial charge in [0.15, 0.2) is 0 Å². The van der Waals surface area contributed by atoms with Gasteiger partial charge in [-0.2, -0.15) is 0 Å². The lowest BCUT2D eigenvalue weighted by atomic mass is 9.94. The van der Waals surface area contributed by atoms with Crippen LogP contribution in [0.15, 0.2) is 64.3 Å². The summed E-state index contributed by atoms with van der Waals surface area (Å²) in [6.07, 6.45) is 0. The van der Waals surface area contributed by atoms with Crippen LogP contribution in [0.4, 0.5) is 14.9 Å². The first-order chi connectivity index (χ1) is 11.9. The smallest absolute Gasteiger partial charge is 0.319 e. The van der Waals surface area contributed by atoms with Crippen molar-refractivity contribution in [3.8, 4) is 0 Å². The highest BCUT2D eigenvalue weighted by Crippen LogP contribution is 2.28. The molecule has 1 heterocycles. The van der Waals surface area contributed by atoms with Crippen molar-refractivity contribution < 1.29 is 14.0 Å². The number of allylic oxidation sites excluding steroid dienone is 1. The van der Waals surface area contributed by atoms with Gasteiger partial charge < -0.3 is 16.0 Å². The minimum Gasteiger partial charge on any atom is -0.327 e. The number of halogens is 2. The largest absolute Gasteiger partial charge is 0.327 e. The summed E-state index contributed by atoms with van der Waals surface area (Å²) in [5.41, 5.74) is 1.86. The van der Waals surface area contributed by atoms with E-state index in [0.29, 0.717) is 22.5 Å². The van der Waals surface area contributed by atoms with Crippen molar-refractivity contribution in [2.75, 3.05) is 5.32 Å². The molecule has 128 valence electrons. The van der Waals surface area contributed by atoms with Gasteiger partial charge in [0.2, 0.25) is 0 Å². The van der Waals surface area contributed by atoms with Crippen molar-refractivity contribution in [2.45, 2.75) is 13.0 Å². The average molecular weight is 404 g/mol. The van der Waals surface area contributed by atoms with Gasteiger partial charge in [0.05, 0.1) is 11.6 Å². The fourth-order valence-corrected chi connectivity index (χ4v) is 2.93. The molecular weight excluding hydrogens is 389 g/mol. The molecule has 1 aliphatic heterocycles. The molecule has 3 N–H and O–H groups in total. The summed E-state index contributed by atoms with van der Waals surface area (Å²) in [6, 6.07) is 11.8. The van der Waals surface area contributed by atoms with Gasteiger partial charge in [0.25, 0.3) is 5.91 Å². The number of amides is 3. The van der Waals surface area contributed by atoms with Crippen molar-refractivity contribution in [1.29, 1.82) is 0 Å². The number of hydrogen-bond donors (Lipinski definition) is 3. The Kier molecular flexibility index (Phi) is 4.85. The molecule has 0 saturated heterocycles. The molecule has 2 aromatic carbocycles. The highest BCUT2D eigenvalue weighted by molar-refractivity contribution is 9.10. The molecular formula is C18H15BrFN3O2. The quantitative estimate of drug-likeness (QED) is 0.728. The number of nitrogens with one attached hydrogen (secondary N) is 3. The predicted molar refractivity (Wildman–Crippen MR) is 96.3 cm³/mol. The summed E-state index contributed by atoms with van der Waals surface area (Å²) in [4.78, 5) is 24.6. The Morgan fingerprint density at radius 1 is 1.20 bits per heavy atom. The fraction of sp³-hybridized carbons (Fsp3) is 0.111. The van der Waals surface area contributed by atoms with Gasteiger partial charge >= 0.3 is 6.03 Å². The summed E-state index contributed by atoms with van der Waals surface area (Å²) in [6.45, 7) is 1.64. The van der Waals surface area contributed by atoms with E-state index in [1.54, 1.807) is 31.2 Å². The second-order valence-corrected chi connectivity index (χ2v) is 6.50. The molecule has 0 unspecified atom stereocenters. The molecule has 3 rings (SSSR count). The first kappa shape index (κ1) is 17.2. The predicted octanol–water partition coefficient (Wildman–Crippen LogP) is 3.85. The van der Waals surface area contributed by atoms with Crippen LogP contribution in [0.2, 0.25) is 0 Å². The van der Waals surface area contributed by atoms with Gasteiger partial charge in [-0.3, -0.25) is 4.79 Å². The van der Waals surface area contributed by atoms with E-state index >= 15 is 0 Å². The molecule has 5 nitrogen and oxygen atoms in total. The minimum absolute atomic E-state index is 0.327. The van der Waals surface area contributed by atoms with Gasteiger partial charge in [-0.15, -0.1) is 0 Å². The van der Waals surface area contributed by atoms with Crippen LogP contribution in [-0.2, 0) is 4.79 Å². The third kappa shape index (κ3) is 3.88. The number of carbonyl (C=O) groups excluding carboxylic acids is 2. The maximum absolute atomic E-state index is 13.6. The summed E-state index contributed by atoms with van der Waals surface area (Å²) in [7, 11) is 0. The summed E-state index contributed by atoms with van der Waals surface area (Å²) >= 11 is 3.34. The molecule has 0 aliphatic carbocycles. The third-order valence-electron chi connectivity index (χ3n) is 3.80. The Morgan fingerprint density at radius 2 is 1.92 bits per heavy atom. The Hall–Kier alpha value is -2.67. The Morgan fingerprint density at radius 3 is 2.60 bits per heavy atom. The van der Waals surface area contributed by atoms with Gasteiger partial charge in [-0.25, -0.2) is 9.18 Å². The van der Waals surface area contributed by atoms with Gasteiger partial charge in [0, 0.05) is 15.9 Å². The highest BCUT2D eigenvalue weighted by atomic mass is 79.9. The zero-order chi connectivity index (χ0) is 18.0. The van der Waals surface area contributed by atoms with E-state index < -0.39 is 17.9 Å². The molecule has 3 amide bonds. The highest BCUT2D eigenvalue weighted by Gasteiger charge is 2.31. The molecule has 0 radical (unpaired) electrons. The molecule has 0 spiro atoms. The SMILES string of the molecule is CC1=C(C(=O)Nc2ccc(Br)cc2)[C@H](c2cccc(F)c2)NC(=O)N1. The number of rotatable bonds is 3. The Balaban J connectivity index is 1.94. The van der Waals surface area contributed by atoms with Crippen LogP contribution in [-0.4, -0.2) is 11.9 Å². The number of urea groups is 1. The second-order valence-electron chi connectivity index (χ2n) is 5.59. The van der Waals surface area contributed by atoms with Crippen LogP contribution in [0.3, 0.4) is 0 Å². The van der Waals surface area contributed by atoms with E-state index in [2.05, 4.69) is 31.9 Å². The summed E-state index contributed by atoms with van der Waals surface area (Å²) < 4.78 is 14.5. The normalized spacial score (nSPS) is 16.9. The number of carbonyl (C=O) groups is 2. The molecule has 1 atom stereocenters. The van der Waals surface area contributed by atoms with E-state index in [0.717, 1.165) is 4.47 Å². The summed E-state index contributed by atoms with van der Waals surface area (Å²) in [5.74, 6) is -0.808. The molecule has 1 aliphatic rings. The van der Waals surface area contributed by atoms with Gasteiger partial charge in [0.1, 0.15) is 5.82 Å². The van der Waals surface area contributed by atoms with Crippen LogP contribution in [0.25, 0.3) is 0 Å². The van der Waals surface area contributed by atoms with Crippen molar-refractivity contribution >= 4 is 33.6 Å². The lowest BCUT2D eigenvalue weighted by molar-refractivity contribution is -0.113. The monoisotopic (exact) mass is 403 g/mol. The van der Waals surface area contributed by atoms with Crippen LogP contribution < -0.4 is 16.0 Å². The molecule has 0 aromatic heterocycles. The lowest BCUT2D eigenvalue weighted by Crippen LogP contribution is -2.46. The first-order valence-electron chi connectivity index (χ1n) is 7.54. The third-order valence-corrected chi connectivity index (χ3v) is 4.33. The Labute approximate surface area is 152 Å². The topological polar surface area (TPSA) is 70.2 Å². The Bertz CT molecular complexity index is 865. The fourth-order valence-electron chi connectivity index (χ4n) is 2.66. The molecule has 2 aromatic rings. The second kappa shape index (κ2) is 7.06. The molecule has 0 fully saturated rings. The zero-order valence-corrected chi connectivity index (χ0v) is 14.9. The van der Waals surface area contributed by atoms with E-state index in [-0.39, 0.29) is 5.91 Å². The van der Waals surface area contributed by atoms with Crippen LogP contribution in [0.1, 0.15) is 18.5 Å². The van der Waals surface area contributed by atoms with Crippen LogP contribution in [0.5, 0.6) is 0 Å². The van der Waals surface area contributed by atoms with E-state index in [1.807, 2.05) is 12.1 Å². The number of anilines is 1. The van der Waals surface area contributed by atoms with Crippen molar-refractivity contribution in [3.63, 3.8) is 0 Å². The standard InChI is InChI=1S/C18H15BrFN3O2/c1-10-15(17(24)22-14-7-5-12(19)6-8-14)16(23-18(25)21-10)11-3-2-4-13(20)9-11/h2-9,16H,1H3,(H,22,24)(H2,21,23,25)/t16-/m0/s1. The minimum atomic E-state index is -0.736. The van der Waals surface area contributed by atoms with Crippen molar-refractivity contribution in [3.05, 3.63) is 75.7 Å². The van der Waals surface area contributed by atoms with Gasteiger partial charge in [-0.05, 0) is 48.9 Å². The maximum Gasteiger partial charge on any atom is 0.319 e. The molecule has 0 saturated carbocycles. The van der Waals surface area contributed by atoms with E-state index in [9.17, 15) is 14.0 Å². The number of benzene rings is 2. The van der Waals surface area contributed by atoms with E-state index in [4.69, 9.17) is 0 Å². The molecule has 7 heteroatoms. The average Bonchev–Trinajstić information content (AvgIpc) is 2.56. The van der Waals surface area contributed by atoms with Crippen molar-refractivity contribution in [2.24, 2.45) is 0 Å². The first-order valence-corrected chi connectivity index (χ1v) is 8.34. The zero-order valence-electron chi connectivity index (χ0n) is 13.3.